The summed E-state index contributed by atoms with van der Waals surface area (Å²) in [7, 11) is 0. The number of hydrogen-bond donors (Lipinski definition) is 2. The number of hydrogen-bond acceptors (Lipinski definition) is 3. The molecule has 1 amide bonds. The summed E-state index contributed by atoms with van der Waals surface area (Å²) in [6.45, 7) is 4.01. The lowest BCUT2D eigenvalue weighted by molar-refractivity contribution is 0.0920. The van der Waals surface area contributed by atoms with Crippen LogP contribution in [0.3, 0.4) is 0 Å². The minimum absolute atomic E-state index is 0.281. The van der Waals surface area contributed by atoms with Crippen LogP contribution in [0.2, 0.25) is 0 Å². The number of fused-ring (bicyclic) bond motifs is 1. The highest BCUT2D eigenvalue weighted by Crippen LogP contribution is 2.20. The molecule has 2 aromatic rings. The molecule has 4 nitrogen and oxygen atoms in total. The number of thiocarbonyl (C=S) groups is 1. The monoisotopic (exact) mass is 290 g/mol. The van der Waals surface area contributed by atoms with Crippen LogP contribution in [0, 0.1) is 6.92 Å². The summed E-state index contributed by atoms with van der Waals surface area (Å²) in [5.41, 5.74) is 7.45. The SMILES string of the molecule is CCCC(NC(=O)c1cc2cc(C)ccc2o1)C(N)=S. The Labute approximate surface area is 123 Å². The first-order valence-corrected chi connectivity index (χ1v) is 7.02. The maximum Gasteiger partial charge on any atom is 0.287 e. The number of aryl methyl sites for hydroxylation is 1. The fraction of sp³-hybridized carbons (Fsp3) is 0.333. The summed E-state index contributed by atoms with van der Waals surface area (Å²) in [6.07, 6.45) is 1.61. The molecule has 0 spiro atoms. The Morgan fingerprint density at radius 1 is 1.45 bits per heavy atom. The number of benzene rings is 1. The molecule has 0 fully saturated rings. The maximum atomic E-state index is 12.2. The van der Waals surface area contributed by atoms with Gasteiger partial charge in [-0.2, -0.15) is 0 Å². The number of carbonyl (C=O) groups is 1. The second-order valence-corrected chi connectivity index (χ2v) is 5.34. The van der Waals surface area contributed by atoms with Crippen LogP contribution >= 0.6 is 12.2 Å². The molecule has 1 aromatic carbocycles. The molecule has 5 heteroatoms. The van der Waals surface area contributed by atoms with Gasteiger partial charge in [0.15, 0.2) is 5.76 Å². The molecule has 1 unspecified atom stereocenters. The van der Waals surface area contributed by atoms with Gasteiger partial charge in [-0.1, -0.05) is 37.2 Å². The molecule has 0 radical (unpaired) electrons. The summed E-state index contributed by atoms with van der Waals surface area (Å²) in [5, 5.41) is 3.72. The van der Waals surface area contributed by atoms with E-state index in [2.05, 4.69) is 5.32 Å². The van der Waals surface area contributed by atoms with E-state index in [1.165, 1.54) is 0 Å². The van der Waals surface area contributed by atoms with Crippen molar-refractivity contribution in [2.75, 3.05) is 0 Å². The van der Waals surface area contributed by atoms with Gasteiger partial charge in [0.25, 0.3) is 5.91 Å². The molecule has 0 aliphatic carbocycles. The number of nitrogens with one attached hydrogen (secondary N) is 1. The molecule has 106 valence electrons. The summed E-state index contributed by atoms with van der Waals surface area (Å²) < 4.78 is 5.55. The molecule has 2 rings (SSSR count). The Morgan fingerprint density at radius 2 is 2.20 bits per heavy atom. The van der Waals surface area contributed by atoms with Gasteiger partial charge < -0.3 is 15.5 Å². The van der Waals surface area contributed by atoms with Crippen LogP contribution in [0.5, 0.6) is 0 Å². The lowest BCUT2D eigenvalue weighted by atomic mass is 10.1. The smallest absolute Gasteiger partial charge is 0.287 e. The summed E-state index contributed by atoms with van der Waals surface area (Å²) in [4.78, 5) is 12.5. The Kier molecular flexibility index (Phi) is 4.39. The fourth-order valence-corrected chi connectivity index (χ4v) is 2.26. The quantitative estimate of drug-likeness (QED) is 0.831. The van der Waals surface area contributed by atoms with Gasteiger partial charge in [-0.3, -0.25) is 4.79 Å². The molecule has 3 N–H and O–H groups in total. The average molecular weight is 290 g/mol. The van der Waals surface area contributed by atoms with E-state index in [0.717, 1.165) is 23.8 Å². The molecule has 20 heavy (non-hydrogen) atoms. The van der Waals surface area contributed by atoms with E-state index >= 15 is 0 Å². The van der Waals surface area contributed by atoms with E-state index in [1.807, 2.05) is 32.0 Å². The van der Waals surface area contributed by atoms with Crippen molar-refractivity contribution in [3.63, 3.8) is 0 Å². The van der Waals surface area contributed by atoms with Crippen LogP contribution in [0.15, 0.2) is 28.7 Å². The molecular formula is C15H18N2O2S. The largest absolute Gasteiger partial charge is 0.451 e. The topological polar surface area (TPSA) is 68.3 Å². The van der Waals surface area contributed by atoms with E-state index < -0.39 is 0 Å². The first-order valence-electron chi connectivity index (χ1n) is 6.61. The molecule has 1 aromatic heterocycles. The van der Waals surface area contributed by atoms with E-state index in [4.69, 9.17) is 22.4 Å². The van der Waals surface area contributed by atoms with E-state index in [-0.39, 0.29) is 17.7 Å². The van der Waals surface area contributed by atoms with Crippen molar-refractivity contribution >= 4 is 34.1 Å². The lowest BCUT2D eigenvalue weighted by Gasteiger charge is -2.15. The van der Waals surface area contributed by atoms with E-state index in [1.54, 1.807) is 6.07 Å². The van der Waals surface area contributed by atoms with Crippen molar-refractivity contribution in [1.29, 1.82) is 0 Å². The van der Waals surface area contributed by atoms with Gasteiger partial charge in [0.05, 0.1) is 11.0 Å². The third-order valence-electron chi connectivity index (χ3n) is 3.12. The Balaban J connectivity index is 2.20. The van der Waals surface area contributed by atoms with Crippen molar-refractivity contribution in [2.24, 2.45) is 5.73 Å². The summed E-state index contributed by atoms with van der Waals surface area (Å²) in [5.74, 6) is -0.00643. The third-order valence-corrected chi connectivity index (χ3v) is 3.41. The van der Waals surface area contributed by atoms with Crippen LogP contribution < -0.4 is 11.1 Å². The van der Waals surface area contributed by atoms with E-state index in [0.29, 0.717) is 10.6 Å². The Morgan fingerprint density at radius 3 is 2.85 bits per heavy atom. The molecule has 0 aliphatic heterocycles. The minimum atomic E-state index is -0.294. The summed E-state index contributed by atoms with van der Waals surface area (Å²) >= 11 is 4.96. The molecule has 0 saturated heterocycles. The van der Waals surface area contributed by atoms with Crippen molar-refractivity contribution in [1.82, 2.24) is 5.32 Å². The van der Waals surface area contributed by atoms with Crippen molar-refractivity contribution in [3.05, 3.63) is 35.6 Å². The van der Waals surface area contributed by atoms with E-state index in [9.17, 15) is 4.79 Å². The zero-order valence-electron chi connectivity index (χ0n) is 11.6. The van der Waals surface area contributed by atoms with Gasteiger partial charge in [-0.05, 0) is 31.5 Å². The van der Waals surface area contributed by atoms with Crippen LogP contribution in [0.1, 0.15) is 35.9 Å². The Hall–Kier alpha value is -1.88. The van der Waals surface area contributed by atoms with Gasteiger partial charge in [0, 0.05) is 5.39 Å². The number of nitrogens with two attached hydrogens (primary N) is 1. The van der Waals surface area contributed by atoms with Crippen LogP contribution in [0.4, 0.5) is 0 Å². The lowest BCUT2D eigenvalue weighted by Crippen LogP contribution is -2.43. The van der Waals surface area contributed by atoms with Gasteiger partial charge in [-0.15, -0.1) is 0 Å². The molecule has 0 aliphatic rings. The molecule has 0 saturated carbocycles. The van der Waals surface area contributed by atoms with Crippen molar-refractivity contribution < 1.29 is 9.21 Å². The zero-order valence-corrected chi connectivity index (χ0v) is 12.4. The average Bonchev–Trinajstić information content (AvgIpc) is 2.80. The maximum absolute atomic E-state index is 12.2. The highest BCUT2D eigenvalue weighted by atomic mass is 32.1. The molecule has 1 heterocycles. The van der Waals surface area contributed by atoms with Crippen molar-refractivity contribution in [2.45, 2.75) is 32.7 Å². The van der Waals surface area contributed by atoms with Crippen LogP contribution in [-0.2, 0) is 0 Å². The highest BCUT2D eigenvalue weighted by Gasteiger charge is 2.18. The standard InChI is InChI=1S/C15H18N2O2S/c1-3-4-11(14(16)20)17-15(18)13-8-10-7-9(2)5-6-12(10)19-13/h5-8,11H,3-4H2,1-2H3,(H2,16,20)(H,17,18). The first kappa shape index (κ1) is 14.5. The fourth-order valence-electron chi connectivity index (χ4n) is 2.08. The molecular weight excluding hydrogens is 272 g/mol. The van der Waals surface area contributed by atoms with Gasteiger partial charge in [-0.25, -0.2) is 0 Å². The van der Waals surface area contributed by atoms with Crippen molar-refractivity contribution in [3.8, 4) is 0 Å². The van der Waals surface area contributed by atoms with Gasteiger partial charge in [0.2, 0.25) is 0 Å². The Bertz CT molecular complexity index is 648. The zero-order chi connectivity index (χ0) is 14.7. The molecule has 0 bridgehead atoms. The normalized spacial score (nSPS) is 12.3. The number of carbonyl (C=O) groups excluding carboxylic acids is 1. The van der Waals surface area contributed by atoms with Crippen LogP contribution in [0.25, 0.3) is 11.0 Å². The summed E-state index contributed by atoms with van der Waals surface area (Å²) in [6, 6.07) is 7.23. The first-order chi connectivity index (χ1) is 9.51. The van der Waals surface area contributed by atoms with Gasteiger partial charge in [0.1, 0.15) is 5.58 Å². The number of furan rings is 1. The third kappa shape index (κ3) is 3.17. The number of rotatable bonds is 5. The van der Waals surface area contributed by atoms with Gasteiger partial charge >= 0.3 is 0 Å². The number of amides is 1. The predicted octanol–water partition coefficient (Wildman–Crippen LogP) is 2.93. The van der Waals surface area contributed by atoms with Crippen LogP contribution in [-0.4, -0.2) is 16.9 Å². The highest BCUT2D eigenvalue weighted by molar-refractivity contribution is 7.80. The second-order valence-electron chi connectivity index (χ2n) is 4.87. The predicted molar refractivity (Wildman–Crippen MR) is 83.9 cm³/mol. The minimum Gasteiger partial charge on any atom is -0.451 e. The molecule has 1 atom stereocenters. The second kappa shape index (κ2) is 6.05.